The van der Waals surface area contributed by atoms with Crippen molar-refractivity contribution in [3.63, 3.8) is 0 Å². The fraction of sp³-hybridized carbons (Fsp3) is 0.211. The van der Waals surface area contributed by atoms with Gasteiger partial charge in [0.25, 0.3) is 11.8 Å². The van der Waals surface area contributed by atoms with E-state index in [2.05, 4.69) is 5.43 Å². The van der Waals surface area contributed by atoms with E-state index in [1.807, 2.05) is 79.7 Å². The second-order valence-corrected chi connectivity index (χ2v) is 12.8. The molecule has 10 heteroatoms. The molecule has 0 bridgehead atoms. The van der Waals surface area contributed by atoms with E-state index in [0.29, 0.717) is 33.6 Å². The number of allylic oxidation sites excluding steroid dienone is 2. The normalized spacial score (nSPS) is 22.9. The van der Waals surface area contributed by atoms with Crippen LogP contribution in [0.4, 0.5) is 5.69 Å². The van der Waals surface area contributed by atoms with Gasteiger partial charge in [-0.3, -0.25) is 15.0 Å². The van der Waals surface area contributed by atoms with Crippen LogP contribution in [-0.2, 0) is 21.5 Å². The van der Waals surface area contributed by atoms with Gasteiger partial charge in [0, 0.05) is 11.5 Å². The number of anilines is 1. The van der Waals surface area contributed by atoms with Crippen molar-refractivity contribution in [2.24, 2.45) is 5.92 Å². The second kappa shape index (κ2) is 10.8. The second-order valence-electron chi connectivity index (χ2n) is 12.8. The maximum atomic E-state index is 15.2. The van der Waals surface area contributed by atoms with Gasteiger partial charge in [-0.05, 0) is 61.2 Å². The van der Waals surface area contributed by atoms with Crippen LogP contribution in [0.25, 0.3) is 5.69 Å². The molecule has 2 aliphatic heterocycles. The van der Waals surface area contributed by atoms with Crippen molar-refractivity contribution in [2.45, 2.75) is 44.2 Å². The predicted octanol–water partition coefficient (Wildman–Crippen LogP) is 4.74. The summed E-state index contributed by atoms with van der Waals surface area (Å²) in [5.74, 6) is -2.69. The number of hydrogen-bond donors (Lipinski definition) is 2. The van der Waals surface area contributed by atoms with Crippen molar-refractivity contribution >= 4 is 17.5 Å². The van der Waals surface area contributed by atoms with Gasteiger partial charge >= 0.3 is 11.4 Å². The Balaban J connectivity index is 1.39. The molecule has 3 aliphatic rings. The van der Waals surface area contributed by atoms with Crippen molar-refractivity contribution < 1.29 is 14.7 Å². The third-order valence-electron chi connectivity index (χ3n) is 10.3. The van der Waals surface area contributed by atoms with Crippen molar-refractivity contribution in [1.82, 2.24) is 18.9 Å². The van der Waals surface area contributed by atoms with E-state index in [1.165, 1.54) is 9.36 Å². The maximum Gasteiger partial charge on any atom is 0.352 e. The van der Waals surface area contributed by atoms with Crippen molar-refractivity contribution in [3.05, 3.63) is 158 Å². The minimum atomic E-state index is -1.47. The summed E-state index contributed by atoms with van der Waals surface area (Å²) in [7, 11) is 0. The van der Waals surface area contributed by atoms with Gasteiger partial charge < -0.3 is 5.11 Å². The molecular weight excluding hydrogens is 606 g/mol. The molecule has 8 rings (SSSR count). The Morgan fingerprint density at radius 2 is 1.48 bits per heavy atom. The molecule has 0 radical (unpaired) electrons. The van der Waals surface area contributed by atoms with Crippen LogP contribution in [0.5, 0.6) is 5.75 Å². The highest BCUT2D eigenvalue weighted by Crippen LogP contribution is 2.62. The van der Waals surface area contributed by atoms with Crippen LogP contribution >= 0.6 is 0 Å². The van der Waals surface area contributed by atoms with Gasteiger partial charge in [-0.25, -0.2) is 23.5 Å². The number of aromatic hydroxyl groups is 1. The summed E-state index contributed by atoms with van der Waals surface area (Å²) in [5.41, 5.74) is 5.03. The first-order valence-electron chi connectivity index (χ1n) is 16.0. The molecule has 0 spiro atoms. The van der Waals surface area contributed by atoms with E-state index in [0.717, 1.165) is 15.1 Å². The summed E-state index contributed by atoms with van der Waals surface area (Å²) in [4.78, 5) is 57.8. The average molecular weight is 640 g/mol. The topological polar surface area (TPSA) is 119 Å². The number of aryl methyl sites for hydroxylation is 2. The number of phenolic OH excluding ortho intramolecular Hbond substituents is 1. The van der Waals surface area contributed by atoms with E-state index in [1.54, 1.807) is 43.3 Å². The standard InChI is InChI=1S/C38H33N5O5/c1-23-16-18-26(19-17-23)39-42-34(45)30-22-31-28(20-21-40-36(47)41(37(48)43(31)40)27-13-7-4-8-14-27)32(29-15-9-10-24(2)33(29)44)38(30,35(42)46)25-11-5-3-6-12-25/h3-20,30-32,39,44H,21-22H2,1-2H3/t30-,31+,32+,38+/m0/s1. The van der Waals surface area contributed by atoms with Gasteiger partial charge in [-0.1, -0.05) is 90.5 Å². The minimum Gasteiger partial charge on any atom is -0.507 e. The number of hydrogen-bond acceptors (Lipinski definition) is 6. The number of imide groups is 1. The lowest BCUT2D eigenvalue weighted by Gasteiger charge is -2.49. The fourth-order valence-electron chi connectivity index (χ4n) is 8.07. The van der Waals surface area contributed by atoms with Crippen LogP contribution in [-0.4, -0.2) is 35.9 Å². The Bertz CT molecular complexity index is 2250. The zero-order valence-corrected chi connectivity index (χ0v) is 26.4. The van der Waals surface area contributed by atoms with Crippen molar-refractivity contribution in [1.29, 1.82) is 0 Å². The van der Waals surface area contributed by atoms with E-state index in [-0.39, 0.29) is 18.7 Å². The zero-order valence-electron chi connectivity index (χ0n) is 26.4. The Kier molecular flexibility index (Phi) is 6.66. The fourth-order valence-corrected chi connectivity index (χ4v) is 8.07. The summed E-state index contributed by atoms with van der Waals surface area (Å²) in [6.07, 6.45) is 1.97. The van der Waals surface area contributed by atoms with Crippen LogP contribution in [0.2, 0.25) is 0 Å². The van der Waals surface area contributed by atoms with E-state index in [9.17, 15) is 19.5 Å². The Hall–Kier alpha value is -5.90. The number of aromatic nitrogens is 3. The Morgan fingerprint density at radius 1 is 0.792 bits per heavy atom. The van der Waals surface area contributed by atoms with Crippen molar-refractivity contribution in [3.8, 4) is 11.4 Å². The molecule has 4 aromatic carbocycles. The molecule has 1 saturated heterocycles. The highest BCUT2D eigenvalue weighted by Gasteiger charge is 2.69. The number of nitrogens with zero attached hydrogens (tertiary/aromatic N) is 4. The molecule has 240 valence electrons. The summed E-state index contributed by atoms with van der Waals surface area (Å²) in [6, 6.07) is 30.0. The first-order chi connectivity index (χ1) is 23.2. The van der Waals surface area contributed by atoms with Gasteiger partial charge in [-0.15, -0.1) is 0 Å². The number of phenols is 1. The third kappa shape index (κ3) is 4.05. The molecule has 1 aromatic heterocycles. The first kappa shape index (κ1) is 29.5. The lowest BCUT2D eigenvalue weighted by Crippen LogP contribution is -2.53. The number of amides is 2. The molecule has 1 aliphatic carbocycles. The maximum absolute atomic E-state index is 15.2. The number of nitrogens with one attached hydrogen (secondary N) is 1. The summed E-state index contributed by atoms with van der Waals surface area (Å²) in [5, 5.41) is 12.8. The lowest BCUT2D eigenvalue weighted by molar-refractivity contribution is -0.138. The molecule has 10 nitrogen and oxygen atoms in total. The van der Waals surface area contributed by atoms with Gasteiger partial charge in [-0.2, -0.15) is 5.01 Å². The molecule has 0 unspecified atom stereocenters. The number of hydrazine groups is 1. The van der Waals surface area contributed by atoms with Gasteiger partial charge in [0.05, 0.1) is 35.3 Å². The number of fused-ring (bicyclic) bond motifs is 4. The number of para-hydroxylation sites is 2. The van der Waals surface area contributed by atoms with E-state index in [4.69, 9.17) is 0 Å². The first-order valence-corrected chi connectivity index (χ1v) is 16.0. The molecule has 48 heavy (non-hydrogen) atoms. The molecule has 2 amide bonds. The summed E-state index contributed by atoms with van der Waals surface area (Å²) >= 11 is 0. The minimum absolute atomic E-state index is 0.0143. The average Bonchev–Trinajstić information content (AvgIpc) is 3.48. The number of rotatable bonds is 5. The van der Waals surface area contributed by atoms with Gasteiger partial charge in [0.15, 0.2) is 0 Å². The molecule has 3 heterocycles. The van der Waals surface area contributed by atoms with Gasteiger partial charge in [0.1, 0.15) is 5.75 Å². The third-order valence-corrected chi connectivity index (χ3v) is 10.3. The predicted molar refractivity (Wildman–Crippen MR) is 180 cm³/mol. The lowest BCUT2D eigenvalue weighted by atomic mass is 9.53. The quantitative estimate of drug-likeness (QED) is 0.212. The Labute approximate surface area is 275 Å². The summed E-state index contributed by atoms with van der Waals surface area (Å²) in [6.45, 7) is 3.82. The molecular formula is C38H33N5O5. The molecule has 4 atom stereocenters. The highest BCUT2D eigenvalue weighted by atomic mass is 16.3. The molecule has 5 aromatic rings. The van der Waals surface area contributed by atoms with E-state index >= 15 is 4.79 Å². The largest absolute Gasteiger partial charge is 0.507 e. The van der Waals surface area contributed by atoms with Crippen molar-refractivity contribution in [2.75, 3.05) is 5.43 Å². The zero-order chi connectivity index (χ0) is 33.3. The SMILES string of the molecule is Cc1ccc(NN2C(=O)[C@@H]3C[C@@H]4C(=CCn5c(=O)n(-c6ccccc6)c(=O)n54)[C@H](c4cccc(C)c4O)[C@]3(c3ccccc3)C2=O)cc1. The van der Waals surface area contributed by atoms with Crippen LogP contribution in [0.3, 0.4) is 0 Å². The van der Waals surface area contributed by atoms with Crippen LogP contribution < -0.4 is 16.8 Å². The molecule has 2 N–H and O–H groups in total. The number of carbonyl (C=O) groups is 2. The molecule has 2 fully saturated rings. The van der Waals surface area contributed by atoms with Crippen LogP contribution in [0, 0.1) is 19.8 Å². The van der Waals surface area contributed by atoms with Crippen LogP contribution in [0.15, 0.2) is 124 Å². The molecule has 1 saturated carbocycles. The number of benzene rings is 4. The Morgan fingerprint density at radius 3 is 2.19 bits per heavy atom. The monoisotopic (exact) mass is 639 g/mol. The van der Waals surface area contributed by atoms with Crippen LogP contribution in [0.1, 0.15) is 40.6 Å². The summed E-state index contributed by atoms with van der Waals surface area (Å²) < 4.78 is 3.98. The van der Waals surface area contributed by atoms with Gasteiger partial charge in [0.2, 0.25) is 0 Å². The highest BCUT2D eigenvalue weighted by molar-refractivity contribution is 6.12. The number of carbonyl (C=O) groups excluding carboxylic acids is 2. The van der Waals surface area contributed by atoms with E-state index < -0.39 is 46.5 Å². The smallest absolute Gasteiger partial charge is 0.352 e.